The number of hydrogen-bond acceptors (Lipinski definition) is 26. The van der Waals surface area contributed by atoms with Gasteiger partial charge in [0, 0.05) is 108 Å². The Hall–Kier alpha value is -14.8. The molecule has 3 aliphatic heterocycles. The Morgan fingerprint density at radius 3 is 1.31 bits per heavy atom. The average Bonchev–Trinajstić information content (AvgIpc) is 1.38. The predicted molar refractivity (Wildman–Crippen MR) is 507 cm³/mol. The molecule has 0 bridgehead atoms. The van der Waals surface area contributed by atoms with Gasteiger partial charge in [-0.15, -0.1) is 0 Å². The van der Waals surface area contributed by atoms with Gasteiger partial charge in [-0.2, -0.15) is 20.1 Å². The van der Waals surface area contributed by atoms with Crippen molar-refractivity contribution in [2.24, 2.45) is 0 Å². The first kappa shape index (κ1) is 96.3. The number of pyridine rings is 6. The summed E-state index contributed by atoms with van der Waals surface area (Å²) >= 11 is 0. The molecule has 5 N–H and O–H groups in total. The summed E-state index contributed by atoms with van der Waals surface area (Å²) < 4.78 is 113. The predicted octanol–water partition coefficient (Wildman–Crippen LogP) is 12.4. The van der Waals surface area contributed by atoms with Crippen LogP contribution in [0.3, 0.4) is 0 Å². The number of phenolic OH excluding ortho intramolecular Hbond substituents is 2. The number of amides is 3. The number of nitrogens with one attached hydrogen (secondary N) is 1. The van der Waals surface area contributed by atoms with Crippen molar-refractivity contribution < 1.29 is 59.7 Å². The normalized spacial score (nSPS) is 15.4. The number of fused-ring (bicyclic) bond motifs is 4. The third-order valence-electron chi connectivity index (χ3n) is 23.9. The maximum absolute atomic E-state index is 16.2. The van der Waals surface area contributed by atoms with Gasteiger partial charge in [0.05, 0.1) is 72.3 Å². The van der Waals surface area contributed by atoms with Crippen LogP contribution in [0.2, 0.25) is 0 Å². The van der Waals surface area contributed by atoms with Crippen LogP contribution in [0.4, 0.5) is 45.2 Å². The fraction of sp³-hybridized carbons (Fsp3) is 0.333. The number of H-pyrrole nitrogens is 1. The van der Waals surface area contributed by atoms with Crippen molar-refractivity contribution in [2.45, 2.75) is 124 Å². The van der Waals surface area contributed by atoms with Gasteiger partial charge < -0.3 is 55.0 Å². The maximum atomic E-state index is 16.2. The first-order valence-corrected chi connectivity index (χ1v) is 45.5. The van der Waals surface area contributed by atoms with E-state index >= 15 is 17.6 Å². The summed E-state index contributed by atoms with van der Waals surface area (Å²) in [6.45, 7) is 37.0. The molecule has 13 heterocycles. The number of carbonyl (C=O) groups is 3. The van der Waals surface area contributed by atoms with E-state index in [0.717, 1.165) is 40.7 Å². The van der Waals surface area contributed by atoms with Crippen molar-refractivity contribution in [3.63, 3.8) is 0 Å². The fourth-order valence-corrected chi connectivity index (χ4v) is 18.0. The van der Waals surface area contributed by atoms with E-state index < -0.39 is 90.0 Å². The van der Waals surface area contributed by atoms with Gasteiger partial charge in [0.25, 0.3) is 0 Å². The Morgan fingerprint density at radius 1 is 0.526 bits per heavy atom. The van der Waals surface area contributed by atoms with Crippen LogP contribution in [0.25, 0.3) is 94.8 Å². The Labute approximate surface area is 773 Å². The highest BCUT2D eigenvalue weighted by atomic mass is 32.2. The SMILES string of the molecule is C=CC(=O)N1CCN(c2nc(=O)n(-c3c(C)cc(OCCN(C)C)nc3C(C)C)c3nc(-c4c(O)cccc4F)c(F)cc23)[C@@H](C)C1.C=CC(=O)N1CCN(c2nc(=O)n(-c3c(C)cc(S(C)(=O)=O)nc3C(C)C)c3nc(-c4c(O)cccc4F)c(F)cc23)[C@@H](C)C1.C=CC(=O)N1CCN(c2nc(=O)n(-c3c(C)ccnc3C(C)C)c3nc(-c4cccc5[nH]nc(N)c45)c(F)cc23)[C@@H](C)C1. The number of anilines is 4. The van der Waals surface area contributed by atoms with E-state index in [9.17, 15) is 51.8 Å². The van der Waals surface area contributed by atoms with Gasteiger partial charge in [0.2, 0.25) is 23.6 Å². The number of ether oxygens (including phenoxy) is 1. The van der Waals surface area contributed by atoms with Crippen LogP contribution in [-0.2, 0) is 24.2 Å². The van der Waals surface area contributed by atoms with Gasteiger partial charge in [-0.25, -0.2) is 83.4 Å². The lowest BCUT2D eigenvalue weighted by molar-refractivity contribution is -0.127. The zero-order chi connectivity index (χ0) is 97.7. The van der Waals surface area contributed by atoms with Crippen molar-refractivity contribution in [1.82, 2.24) is 88.4 Å². The van der Waals surface area contributed by atoms with Gasteiger partial charge in [-0.3, -0.25) is 24.5 Å². The van der Waals surface area contributed by atoms with Crippen LogP contribution in [0.5, 0.6) is 17.4 Å². The number of aromatic amines is 1. The first-order chi connectivity index (χ1) is 64.0. The molecule has 0 spiro atoms. The molecule has 3 atom stereocenters. The number of carbonyl (C=O) groups excluding carboxylic acids is 3. The zero-order valence-electron chi connectivity index (χ0n) is 77.2. The molecule has 0 unspecified atom stereocenters. The number of sulfone groups is 1. The monoisotopic (exact) mass is 1870 g/mol. The Morgan fingerprint density at radius 2 is 0.919 bits per heavy atom. The molecule has 704 valence electrons. The molecule has 10 aromatic heterocycles. The lowest BCUT2D eigenvalue weighted by Crippen LogP contribution is -2.54. The second-order valence-corrected chi connectivity index (χ2v) is 36.7. The van der Waals surface area contributed by atoms with E-state index in [1.165, 1.54) is 63.8 Å². The van der Waals surface area contributed by atoms with E-state index in [1.807, 2.05) is 90.3 Å². The molecular formula is C96H103F5N22O11S. The van der Waals surface area contributed by atoms with Gasteiger partial charge in [-0.1, -0.05) is 85.5 Å². The summed E-state index contributed by atoms with van der Waals surface area (Å²) in [6.07, 6.45) is 6.48. The molecular weight excluding hydrogens is 1760 g/mol. The summed E-state index contributed by atoms with van der Waals surface area (Å²) in [5.74, 6) is -5.41. The van der Waals surface area contributed by atoms with Crippen LogP contribution in [0.1, 0.15) is 114 Å². The number of nitrogen functional groups attached to an aromatic ring is 1. The highest BCUT2D eigenvalue weighted by Gasteiger charge is 2.37. The van der Waals surface area contributed by atoms with Crippen molar-refractivity contribution in [1.29, 1.82) is 0 Å². The third-order valence-corrected chi connectivity index (χ3v) is 24.9. The number of aromatic hydroxyl groups is 2. The lowest BCUT2D eigenvalue weighted by atomic mass is 10.0. The van der Waals surface area contributed by atoms with Crippen LogP contribution in [0.15, 0.2) is 155 Å². The van der Waals surface area contributed by atoms with Crippen molar-refractivity contribution in [3.8, 4) is 68.2 Å². The van der Waals surface area contributed by atoms with Crippen LogP contribution in [-0.4, -0.2) is 235 Å². The van der Waals surface area contributed by atoms with E-state index in [4.69, 9.17) is 20.4 Å². The highest BCUT2D eigenvalue weighted by Crippen LogP contribution is 2.43. The topological polar surface area (TPSA) is 394 Å². The summed E-state index contributed by atoms with van der Waals surface area (Å²) in [6, 6.07) is 20.0. The molecule has 39 heteroatoms. The summed E-state index contributed by atoms with van der Waals surface area (Å²) in [7, 11) is 0.152. The largest absolute Gasteiger partial charge is 0.507 e. The fourth-order valence-electron chi connectivity index (χ4n) is 17.3. The minimum atomic E-state index is -3.72. The molecule has 0 radical (unpaired) electrons. The minimum absolute atomic E-state index is 0.00364. The van der Waals surface area contributed by atoms with Crippen LogP contribution >= 0.6 is 0 Å². The summed E-state index contributed by atoms with van der Waals surface area (Å²) in [4.78, 5) is 133. The molecule has 3 fully saturated rings. The standard InChI is InChI=1S/C34H39F2N7O4.C31H32F2N6O5S.C31H32FN9O2/c1-8-27(45)41-12-13-42(21(5)18-41)32-22-17-24(36)30(28-23(35)10-9-11-25(28)44)38-33(22)43(34(46)39-32)31-20(4)16-26(37-29(31)19(2)3)47-15-14-40(6)7;1-7-24(41)37-11-12-38(18(5)15-37)29-19-14-21(33)27(25-20(32)9-8-10-22(25)40)35-30(19)39(31(42)36-29)28-17(4)13-23(45(6,43)44)34-26(28)16(2)3;1-6-23(42)39-12-13-40(18(5)15-39)29-20-14-21(32)26(19-8-7-9-22-24(19)28(33)38-37-22)35-30(20)41(31(43)36-29)27-17(4)10-11-34-25(27)16(2)3/h8-11,16-17,19,21,44H,1,12-15,18H2,2-7H3;7-10,13-14,16,18,40H,1,11-12,15H2,2-6H3;6-11,14,16,18H,1,12-13,15H2,2-5H3,(H3,33,37,38)/t21-;2*18-/m000/s1. The van der Waals surface area contributed by atoms with Crippen molar-refractivity contribution in [3.05, 3.63) is 229 Å². The van der Waals surface area contributed by atoms with E-state index in [1.54, 1.807) is 77.8 Å². The molecule has 135 heavy (non-hydrogen) atoms. The van der Waals surface area contributed by atoms with E-state index in [0.29, 0.717) is 120 Å². The number of nitrogens with zero attached hydrogens (tertiary/aromatic N) is 20. The summed E-state index contributed by atoms with van der Waals surface area (Å²) in [5, 5.41) is 29.0. The molecule has 3 saturated heterocycles. The highest BCUT2D eigenvalue weighted by molar-refractivity contribution is 7.90. The number of rotatable bonds is 20. The molecule has 0 aliphatic carbocycles. The number of likely N-dealkylation sites (N-methyl/N-ethyl adjacent to an activating group) is 1. The second kappa shape index (κ2) is 38.8. The smallest absolute Gasteiger partial charge is 0.355 e. The van der Waals surface area contributed by atoms with Crippen LogP contribution in [0, 0.1) is 49.9 Å². The van der Waals surface area contributed by atoms with Crippen molar-refractivity contribution in [2.75, 3.05) is 113 Å². The van der Waals surface area contributed by atoms with Gasteiger partial charge in [0.1, 0.15) is 70.1 Å². The maximum Gasteiger partial charge on any atom is 0.355 e. The average molecular weight is 1870 g/mol. The quantitative estimate of drug-likeness (QED) is 0.0407. The third kappa shape index (κ3) is 18.8. The minimum Gasteiger partial charge on any atom is -0.507 e. The molecule has 3 aliphatic rings. The first-order valence-electron chi connectivity index (χ1n) is 43.7. The molecule has 33 nitrogen and oxygen atoms in total. The Bertz CT molecular complexity index is 7250. The van der Waals surface area contributed by atoms with E-state index in [2.05, 4.69) is 64.8 Å². The van der Waals surface area contributed by atoms with Gasteiger partial charge >= 0.3 is 17.1 Å². The van der Waals surface area contributed by atoms with Crippen molar-refractivity contribution >= 4 is 94.8 Å². The molecule has 0 saturated carbocycles. The summed E-state index contributed by atoms with van der Waals surface area (Å²) in [5.41, 5.74) is 7.78. The number of benzene rings is 3. The molecule has 3 amide bonds. The van der Waals surface area contributed by atoms with Gasteiger partial charge in [0.15, 0.2) is 49.3 Å². The zero-order valence-corrected chi connectivity index (χ0v) is 78.0. The second-order valence-electron chi connectivity index (χ2n) is 34.7. The number of piperazine rings is 3. The number of hydrogen-bond donors (Lipinski definition) is 4. The van der Waals surface area contributed by atoms with Gasteiger partial charge in [-0.05, 0) is 169 Å². The molecule has 3 aromatic carbocycles. The van der Waals surface area contributed by atoms with Crippen LogP contribution < -0.4 is 42.2 Å². The molecule has 16 rings (SSSR count). The van der Waals surface area contributed by atoms with E-state index in [-0.39, 0.29) is 141 Å². The molecule has 13 aromatic rings. The number of aromatic nitrogens is 14. The Kier molecular flexibility index (Phi) is 27.7. The number of halogens is 5. The number of nitrogens with two attached hydrogens (primary N) is 1. The Balaban J connectivity index is 0.000000162. The number of phenols is 2. The lowest BCUT2D eigenvalue weighted by Gasteiger charge is -2.40. The number of aryl methyl sites for hydroxylation is 3.